The highest BCUT2D eigenvalue weighted by Gasteiger charge is 2.09. The number of hydrogen-bond donors (Lipinski definition) is 3. The summed E-state index contributed by atoms with van der Waals surface area (Å²) in [5.41, 5.74) is 1.71. The second kappa shape index (κ2) is 11.3. The van der Waals surface area contributed by atoms with Gasteiger partial charge in [-0.3, -0.25) is 4.99 Å². The molecule has 3 N–H and O–H groups in total. The summed E-state index contributed by atoms with van der Waals surface area (Å²) in [6.07, 6.45) is 0. The van der Waals surface area contributed by atoms with Gasteiger partial charge in [0.1, 0.15) is 11.6 Å². The molecular formula is C18H23F2IN4O2S. The summed E-state index contributed by atoms with van der Waals surface area (Å²) in [6, 6.07) is 10.4. The molecule has 0 unspecified atom stereocenters. The molecule has 0 radical (unpaired) electrons. The van der Waals surface area contributed by atoms with Crippen molar-refractivity contribution in [2.45, 2.75) is 18.8 Å². The summed E-state index contributed by atoms with van der Waals surface area (Å²) in [6.45, 7) is 0.461. The van der Waals surface area contributed by atoms with Crippen molar-refractivity contribution < 1.29 is 17.2 Å². The van der Waals surface area contributed by atoms with Crippen molar-refractivity contribution in [1.82, 2.24) is 15.4 Å². The molecule has 2 aromatic carbocycles. The molecule has 0 spiro atoms. The van der Waals surface area contributed by atoms with Crippen LogP contribution in [0.1, 0.15) is 16.7 Å². The Morgan fingerprint density at radius 1 is 1.04 bits per heavy atom. The lowest BCUT2D eigenvalue weighted by Gasteiger charge is -2.13. The molecule has 0 bridgehead atoms. The van der Waals surface area contributed by atoms with Gasteiger partial charge in [0.05, 0.1) is 5.75 Å². The maximum atomic E-state index is 13.7. The number of nitrogens with zero attached hydrogens (tertiary/aromatic N) is 1. The number of benzene rings is 2. The van der Waals surface area contributed by atoms with Gasteiger partial charge < -0.3 is 10.6 Å². The summed E-state index contributed by atoms with van der Waals surface area (Å²) in [5, 5.41) is 5.96. The van der Waals surface area contributed by atoms with E-state index in [0.29, 0.717) is 18.1 Å². The molecule has 28 heavy (non-hydrogen) atoms. The van der Waals surface area contributed by atoms with Crippen LogP contribution in [0.15, 0.2) is 47.5 Å². The average molecular weight is 524 g/mol. The standard InChI is InChI=1S/C18H22F2N4O2S.HI/c1-21-18(24-11-15-9-16(19)6-7-17(15)20)23-10-13-4-3-5-14(8-13)12-27(25,26)22-2;/h3-9,22H,10-12H2,1-2H3,(H2,21,23,24);1H. The van der Waals surface area contributed by atoms with Gasteiger partial charge in [0.15, 0.2) is 5.96 Å². The number of guanidine groups is 1. The van der Waals surface area contributed by atoms with Gasteiger partial charge in [0.2, 0.25) is 10.0 Å². The van der Waals surface area contributed by atoms with E-state index in [2.05, 4.69) is 20.3 Å². The Bertz CT molecular complexity index is 924. The Morgan fingerprint density at radius 3 is 2.39 bits per heavy atom. The lowest BCUT2D eigenvalue weighted by Crippen LogP contribution is -2.36. The molecule has 0 saturated carbocycles. The molecule has 0 aliphatic rings. The van der Waals surface area contributed by atoms with Crippen LogP contribution < -0.4 is 15.4 Å². The second-order valence-electron chi connectivity index (χ2n) is 5.80. The highest BCUT2D eigenvalue weighted by Crippen LogP contribution is 2.10. The summed E-state index contributed by atoms with van der Waals surface area (Å²) >= 11 is 0. The molecule has 0 fully saturated rings. The van der Waals surface area contributed by atoms with Crippen LogP contribution in [-0.2, 0) is 28.9 Å². The van der Waals surface area contributed by atoms with Crippen LogP contribution >= 0.6 is 24.0 Å². The van der Waals surface area contributed by atoms with Crippen molar-refractivity contribution in [3.05, 3.63) is 70.8 Å². The molecule has 2 rings (SSSR count). The normalized spacial score (nSPS) is 11.6. The number of hydrogen-bond acceptors (Lipinski definition) is 3. The maximum absolute atomic E-state index is 13.7. The first-order valence-electron chi connectivity index (χ1n) is 8.20. The summed E-state index contributed by atoms with van der Waals surface area (Å²) in [4.78, 5) is 4.04. The van der Waals surface area contributed by atoms with Gasteiger partial charge in [-0.05, 0) is 36.4 Å². The lowest BCUT2D eigenvalue weighted by molar-refractivity contribution is 0.581. The highest BCUT2D eigenvalue weighted by molar-refractivity contribution is 14.0. The molecular weight excluding hydrogens is 501 g/mol. The topological polar surface area (TPSA) is 82.6 Å². The molecule has 0 aliphatic carbocycles. The van der Waals surface area contributed by atoms with Crippen LogP contribution in [0.3, 0.4) is 0 Å². The minimum atomic E-state index is -3.34. The number of sulfonamides is 1. The molecule has 0 atom stereocenters. The van der Waals surface area contributed by atoms with Gasteiger partial charge in [0, 0.05) is 25.7 Å². The van der Waals surface area contributed by atoms with Crippen molar-refractivity contribution in [2.75, 3.05) is 14.1 Å². The zero-order valence-electron chi connectivity index (χ0n) is 15.5. The molecule has 0 amide bonds. The highest BCUT2D eigenvalue weighted by atomic mass is 127. The summed E-state index contributed by atoms with van der Waals surface area (Å²) < 4.78 is 52.5. The Kier molecular flexibility index (Phi) is 9.76. The van der Waals surface area contributed by atoms with E-state index in [-0.39, 0.29) is 41.8 Å². The fourth-order valence-electron chi connectivity index (χ4n) is 2.39. The van der Waals surface area contributed by atoms with Gasteiger partial charge in [-0.15, -0.1) is 24.0 Å². The van der Waals surface area contributed by atoms with E-state index in [1.807, 2.05) is 6.07 Å². The maximum Gasteiger partial charge on any atom is 0.215 e. The first kappa shape index (κ1) is 24.2. The minimum absolute atomic E-state index is 0. The minimum Gasteiger partial charge on any atom is -0.352 e. The second-order valence-corrected chi connectivity index (χ2v) is 7.72. The molecule has 0 aromatic heterocycles. The fourth-order valence-corrected chi connectivity index (χ4v) is 3.15. The Hall–Kier alpha value is -1.79. The first-order chi connectivity index (χ1) is 12.8. The predicted octanol–water partition coefficient (Wildman–Crippen LogP) is 2.50. The smallest absolute Gasteiger partial charge is 0.215 e. The van der Waals surface area contributed by atoms with E-state index in [0.717, 1.165) is 23.8 Å². The largest absolute Gasteiger partial charge is 0.352 e. The Labute approximate surface area is 180 Å². The number of aliphatic imine (C=N–C) groups is 1. The van der Waals surface area contributed by atoms with Gasteiger partial charge in [-0.1, -0.05) is 24.3 Å². The van der Waals surface area contributed by atoms with Crippen molar-refractivity contribution >= 4 is 40.0 Å². The van der Waals surface area contributed by atoms with Crippen LogP contribution in [-0.4, -0.2) is 28.5 Å². The number of nitrogens with one attached hydrogen (secondary N) is 3. The summed E-state index contributed by atoms with van der Waals surface area (Å²) in [7, 11) is -0.409. The molecule has 2 aromatic rings. The fraction of sp³-hybridized carbons (Fsp3) is 0.278. The van der Waals surface area contributed by atoms with Gasteiger partial charge >= 0.3 is 0 Å². The monoisotopic (exact) mass is 524 g/mol. The molecule has 0 saturated heterocycles. The Morgan fingerprint density at radius 2 is 1.71 bits per heavy atom. The first-order valence-corrected chi connectivity index (χ1v) is 9.85. The van der Waals surface area contributed by atoms with Crippen molar-refractivity contribution in [3.63, 3.8) is 0 Å². The van der Waals surface area contributed by atoms with E-state index in [1.165, 1.54) is 7.05 Å². The summed E-state index contributed by atoms with van der Waals surface area (Å²) in [5.74, 6) is -0.711. The van der Waals surface area contributed by atoms with Gasteiger partial charge in [-0.25, -0.2) is 21.9 Å². The molecule has 6 nitrogen and oxygen atoms in total. The number of halogens is 3. The molecule has 0 heterocycles. The third kappa shape index (κ3) is 7.68. The van der Waals surface area contributed by atoms with Gasteiger partial charge in [-0.2, -0.15) is 0 Å². The van der Waals surface area contributed by atoms with E-state index in [9.17, 15) is 17.2 Å². The van der Waals surface area contributed by atoms with E-state index >= 15 is 0 Å². The third-order valence-electron chi connectivity index (χ3n) is 3.80. The third-order valence-corrected chi connectivity index (χ3v) is 5.13. The van der Waals surface area contributed by atoms with E-state index < -0.39 is 21.7 Å². The van der Waals surface area contributed by atoms with Crippen molar-refractivity contribution in [1.29, 1.82) is 0 Å². The van der Waals surface area contributed by atoms with E-state index in [4.69, 9.17) is 0 Å². The average Bonchev–Trinajstić information content (AvgIpc) is 2.64. The lowest BCUT2D eigenvalue weighted by atomic mass is 10.1. The van der Waals surface area contributed by atoms with Crippen LogP contribution in [0.5, 0.6) is 0 Å². The Balaban J connectivity index is 0.00000392. The zero-order chi connectivity index (χ0) is 19.9. The van der Waals surface area contributed by atoms with Crippen LogP contribution in [0, 0.1) is 11.6 Å². The zero-order valence-corrected chi connectivity index (χ0v) is 18.6. The molecule has 10 heteroatoms. The quantitative estimate of drug-likeness (QED) is 0.296. The van der Waals surface area contributed by atoms with E-state index in [1.54, 1.807) is 25.2 Å². The van der Waals surface area contributed by atoms with Crippen LogP contribution in [0.2, 0.25) is 0 Å². The number of rotatable bonds is 7. The van der Waals surface area contributed by atoms with Crippen molar-refractivity contribution in [3.8, 4) is 0 Å². The van der Waals surface area contributed by atoms with Crippen LogP contribution in [0.4, 0.5) is 8.78 Å². The molecule has 154 valence electrons. The van der Waals surface area contributed by atoms with Gasteiger partial charge in [0.25, 0.3) is 0 Å². The van der Waals surface area contributed by atoms with Crippen LogP contribution in [0.25, 0.3) is 0 Å². The predicted molar refractivity (Wildman–Crippen MR) is 117 cm³/mol. The van der Waals surface area contributed by atoms with Crippen molar-refractivity contribution in [2.24, 2.45) is 4.99 Å². The SMILES string of the molecule is CN=C(NCc1cccc(CS(=O)(=O)NC)c1)NCc1cc(F)ccc1F.I. The molecule has 0 aliphatic heterocycles.